The molecule has 0 saturated heterocycles. The number of aryl methyl sites for hydroxylation is 1. The van der Waals surface area contributed by atoms with Gasteiger partial charge in [0.05, 0.1) is 13.2 Å². The van der Waals surface area contributed by atoms with Crippen molar-refractivity contribution in [1.82, 2.24) is 0 Å². The number of benzene rings is 2. The number of thioether (sulfide) groups is 1. The Morgan fingerprint density at radius 2 is 2.00 bits per heavy atom. The lowest BCUT2D eigenvalue weighted by molar-refractivity contribution is 0.198. The lowest BCUT2D eigenvalue weighted by Gasteiger charge is -2.14. The normalized spacial score (nSPS) is 12.2. The van der Waals surface area contributed by atoms with Crippen LogP contribution in [0, 0.1) is 12.7 Å². The number of aliphatic hydroxyl groups is 1. The number of halogens is 1. The summed E-state index contributed by atoms with van der Waals surface area (Å²) in [4.78, 5) is 0.563. The Bertz CT molecular complexity index is 601. The summed E-state index contributed by atoms with van der Waals surface area (Å²) in [5, 5.41) is 10.2. The fraction of sp³-hybridized carbons (Fsp3) is 0.294. The summed E-state index contributed by atoms with van der Waals surface area (Å²) in [6, 6.07) is 12.5. The van der Waals surface area contributed by atoms with E-state index in [1.165, 1.54) is 17.8 Å². The first-order valence-electron chi connectivity index (χ1n) is 6.79. The first-order valence-corrected chi connectivity index (χ1v) is 7.77. The minimum atomic E-state index is -0.551. The lowest BCUT2D eigenvalue weighted by Crippen LogP contribution is -2.14. The van der Waals surface area contributed by atoms with Crippen molar-refractivity contribution < 1.29 is 14.2 Å². The smallest absolute Gasteiger partial charge is 0.136 e. The molecule has 0 aliphatic heterocycles. The van der Waals surface area contributed by atoms with Crippen LogP contribution in [0.3, 0.4) is 0 Å². The van der Waals surface area contributed by atoms with Gasteiger partial charge in [-0.15, -0.1) is 11.8 Å². The second-order valence-electron chi connectivity index (χ2n) is 4.91. The first kappa shape index (κ1) is 15.9. The monoisotopic (exact) mass is 306 g/mol. The summed E-state index contributed by atoms with van der Waals surface area (Å²) >= 11 is 1.33. The van der Waals surface area contributed by atoms with Gasteiger partial charge >= 0.3 is 0 Å². The molecule has 2 aromatic carbocycles. The van der Waals surface area contributed by atoms with Crippen molar-refractivity contribution >= 4 is 11.8 Å². The third kappa shape index (κ3) is 4.48. The molecule has 1 N–H and O–H groups in total. The predicted octanol–water partition coefficient (Wildman–Crippen LogP) is 3.84. The molecule has 2 aromatic rings. The molecule has 0 aromatic heterocycles. The van der Waals surface area contributed by atoms with E-state index in [0.717, 1.165) is 16.9 Å². The first-order chi connectivity index (χ1) is 10.1. The summed E-state index contributed by atoms with van der Waals surface area (Å²) in [6.07, 6.45) is -0.0583. The summed E-state index contributed by atoms with van der Waals surface area (Å²) in [5.74, 6) is 0.969. The van der Waals surface area contributed by atoms with Gasteiger partial charge in [-0.25, -0.2) is 4.39 Å². The van der Waals surface area contributed by atoms with Crippen LogP contribution in [-0.2, 0) is 6.42 Å². The Labute approximate surface area is 129 Å². The quantitative estimate of drug-likeness (QED) is 0.822. The molecule has 1 atom stereocenters. The van der Waals surface area contributed by atoms with Crippen LogP contribution >= 0.6 is 11.8 Å². The highest BCUT2D eigenvalue weighted by molar-refractivity contribution is 7.99. The number of aliphatic hydroxyl groups excluding tert-OH is 1. The maximum absolute atomic E-state index is 13.5. The van der Waals surface area contributed by atoms with E-state index in [1.807, 2.05) is 25.1 Å². The molecule has 21 heavy (non-hydrogen) atoms. The average Bonchev–Trinajstić information content (AvgIpc) is 2.47. The number of hydrogen-bond donors (Lipinski definition) is 1. The predicted molar refractivity (Wildman–Crippen MR) is 84.6 cm³/mol. The van der Waals surface area contributed by atoms with E-state index in [-0.39, 0.29) is 5.82 Å². The van der Waals surface area contributed by atoms with Crippen molar-refractivity contribution in [2.45, 2.75) is 24.3 Å². The third-order valence-electron chi connectivity index (χ3n) is 3.16. The highest BCUT2D eigenvalue weighted by Crippen LogP contribution is 2.25. The van der Waals surface area contributed by atoms with Crippen molar-refractivity contribution in [2.24, 2.45) is 0 Å². The molecule has 1 unspecified atom stereocenters. The summed E-state index contributed by atoms with van der Waals surface area (Å²) < 4.78 is 18.8. The van der Waals surface area contributed by atoms with Crippen molar-refractivity contribution in [3.8, 4) is 5.75 Å². The standard InChI is InChI=1S/C17H19FO2S/c1-12-7-8-16(20-2)13(9-12)10-14(19)11-21-17-6-4-3-5-15(17)18/h3-9,14,19H,10-11H2,1-2H3. The van der Waals surface area contributed by atoms with Crippen molar-refractivity contribution in [3.63, 3.8) is 0 Å². The number of methoxy groups -OCH3 is 1. The fourth-order valence-electron chi connectivity index (χ4n) is 2.13. The third-order valence-corrected chi connectivity index (χ3v) is 4.35. The van der Waals surface area contributed by atoms with E-state index in [9.17, 15) is 9.50 Å². The van der Waals surface area contributed by atoms with Crippen molar-refractivity contribution in [2.75, 3.05) is 12.9 Å². The minimum Gasteiger partial charge on any atom is -0.496 e. The van der Waals surface area contributed by atoms with E-state index in [2.05, 4.69) is 0 Å². The molecule has 0 spiro atoms. The van der Waals surface area contributed by atoms with Crippen molar-refractivity contribution in [3.05, 3.63) is 59.4 Å². The zero-order valence-electron chi connectivity index (χ0n) is 12.2. The van der Waals surface area contributed by atoms with Crippen LogP contribution in [-0.4, -0.2) is 24.1 Å². The molecule has 0 amide bonds. The molecule has 0 saturated carbocycles. The van der Waals surface area contributed by atoms with Crippen LogP contribution in [0.4, 0.5) is 4.39 Å². The van der Waals surface area contributed by atoms with Gasteiger partial charge in [-0.2, -0.15) is 0 Å². The largest absolute Gasteiger partial charge is 0.496 e. The molecule has 0 aliphatic rings. The van der Waals surface area contributed by atoms with E-state index in [4.69, 9.17) is 4.74 Å². The molecule has 0 radical (unpaired) electrons. The van der Waals surface area contributed by atoms with E-state index >= 15 is 0 Å². The Morgan fingerprint density at radius 3 is 2.71 bits per heavy atom. The van der Waals surface area contributed by atoms with Gasteiger partial charge < -0.3 is 9.84 Å². The van der Waals surface area contributed by atoms with Gasteiger partial charge in [0, 0.05) is 17.1 Å². The fourth-order valence-corrected chi connectivity index (χ4v) is 3.00. The molecule has 0 aliphatic carbocycles. The minimum absolute atomic E-state index is 0.247. The van der Waals surface area contributed by atoms with Gasteiger partial charge in [-0.1, -0.05) is 29.8 Å². The number of ether oxygens (including phenoxy) is 1. The lowest BCUT2D eigenvalue weighted by atomic mass is 10.0. The van der Waals surface area contributed by atoms with Crippen LogP contribution in [0.5, 0.6) is 5.75 Å². The summed E-state index contributed by atoms with van der Waals surface area (Å²) in [6.45, 7) is 2.00. The van der Waals surface area contributed by atoms with Gasteiger partial charge in [0.15, 0.2) is 0 Å². The highest BCUT2D eigenvalue weighted by Gasteiger charge is 2.12. The maximum Gasteiger partial charge on any atom is 0.136 e. The Kier molecular flexibility index (Phi) is 5.65. The molecule has 2 nitrogen and oxygen atoms in total. The molecule has 0 fully saturated rings. The van der Waals surface area contributed by atoms with Crippen LogP contribution in [0.1, 0.15) is 11.1 Å². The topological polar surface area (TPSA) is 29.5 Å². The zero-order chi connectivity index (χ0) is 15.2. The SMILES string of the molecule is COc1ccc(C)cc1CC(O)CSc1ccccc1F. The maximum atomic E-state index is 13.5. The number of rotatable bonds is 6. The molecular weight excluding hydrogens is 287 g/mol. The zero-order valence-corrected chi connectivity index (χ0v) is 13.0. The Morgan fingerprint density at radius 1 is 1.24 bits per heavy atom. The second-order valence-corrected chi connectivity index (χ2v) is 5.98. The number of hydrogen-bond acceptors (Lipinski definition) is 3. The van der Waals surface area contributed by atoms with Crippen LogP contribution < -0.4 is 4.74 Å². The van der Waals surface area contributed by atoms with Gasteiger partial charge in [-0.3, -0.25) is 0 Å². The molecule has 0 heterocycles. The molecule has 0 bridgehead atoms. The van der Waals surface area contributed by atoms with Gasteiger partial charge in [-0.05, 0) is 30.7 Å². The molecule has 2 rings (SSSR count). The Hall–Kier alpha value is -1.52. The Balaban J connectivity index is 1.97. The van der Waals surface area contributed by atoms with Crippen LogP contribution in [0.15, 0.2) is 47.4 Å². The van der Waals surface area contributed by atoms with E-state index < -0.39 is 6.10 Å². The van der Waals surface area contributed by atoms with Gasteiger partial charge in [0.2, 0.25) is 0 Å². The van der Waals surface area contributed by atoms with E-state index in [0.29, 0.717) is 17.1 Å². The molecular formula is C17H19FO2S. The molecule has 4 heteroatoms. The molecule has 112 valence electrons. The van der Waals surface area contributed by atoms with Gasteiger partial charge in [0.1, 0.15) is 11.6 Å². The summed E-state index contributed by atoms with van der Waals surface area (Å²) in [7, 11) is 1.62. The van der Waals surface area contributed by atoms with E-state index in [1.54, 1.807) is 25.3 Å². The highest BCUT2D eigenvalue weighted by atomic mass is 32.2. The van der Waals surface area contributed by atoms with Crippen LogP contribution in [0.2, 0.25) is 0 Å². The van der Waals surface area contributed by atoms with Crippen LogP contribution in [0.25, 0.3) is 0 Å². The average molecular weight is 306 g/mol. The van der Waals surface area contributed by atoms with Gasteiger partial charge in [0.25, 0.3) is 0 Å². The van der Waals surface area contributed by atoms with Crippen molar-refractivity contribution in [1.29, 1.82) is 0 Å². The summed E-state index contributed by atoms with van der Waals surface area (Å²) in [5.41, 5.74) is 2.10. The second kappa shape index (κ2) is 7.48.